The van der Waals surface area contributed by atoms with Gasteiger partial charge in [0.25, 0.3) is 30.4 Å². The Balaban J connectivity index is 0.00000870. The molecule has 0 aliphatic carbocycles. The summed E-state index contributed by atoms with van der Waals surface area (Å²) in [5, 5.41) is 50.4. The first-order valence-electron chi connectivity index (χ1n) is 13.9. The molecular formula is C28H17Br2N7Na4O15S4. The minimum atomic E-state index is -5.50. The number of halogens is 2. The number of nitrogen functional groups attached to an aromatic ring is 1. The van der Waals surface area contributed by atoms with Crippen molar-refractivity contribution in [1.29, 1.82) is 0 Å². The standard InChI is InChI=1S/C28H21Br2N7O15S4.4Na/c1-11(29)27(39)32-14-3-5-18(53(41,42)43)16(9-14)34-36-24-20(55(47,48)49)7-13-8-21(56(50,51)52)25(26(38)22(13)23(24)31)37-35-17-10-15(33-28(40)12(2)30)4-6-19(17)54(44,45)46;;;;/h3-10,38H,1-2,31H2,(H,32,39)(H,33,40)(H,41,42,43)(H,44,45,46)(H,47,48,49)(H,50,51,52);;;;/q;4*+1/p-4. The average molecular weight is 1070 g/mol. The van der Waals surface area contributed by atoms with E-state index in [2.05, 4.69) is 75.5 Å². The molecule has 60 heavy (non-hydrogen) atoms. The normalized spacial score (nSPS) is 12.6. The van der Waals surface area contributed by atoms with Crippen LogP contribution in [0.3, 0.4) is 0 Å². The van der Waals surface area contributed by atoms with Crippen molar-refractivity contribution in [3.05, 3.63) is 70.7 Å². The van der Waals surface area contributed by atoms with Crippen molar-refractivity contribution in [1.82, 2.24) is 0 Å². The number of nitrogens with zero attached hydrogens (tertiary/aromatic N) is 6. The number of rotatable bonds is 12. The van der Waals surface area contributed by atoms with E-state index in [0.717, 1.165) is 24.3 Å². The van der Waals surface area contributed by atoms with E-state index in [1.54, 1.807) is 0 Å². The van der Waals surface area contributed by atoms with Gasteiger partial charge in [0.2, 0.25) is 0 Å². The number of hydrogen-bond acceptors (Lipinski definition) is 19. The summed E-state index contributed by atoms with van der Waals surface area (Å²) >= 11 is 5.59. The predicted molar refractivity (Wildman–Crippen MR) is 197 cm³/mol. The molecule has 0 heterocycles. The molecular weight excluding hydrogens is 1050 g/mol. The summed E-state index contributed by atoms with van der Waals surface area (Å²) in [7, 11) is -21.4. The molecule has 0 spiro atoms. The molecule has 4 aromatic rings. The third-order valence-corrected chi connectivity index (χ3v) is 10.9. The Morgan fingerprint density at radius 2 is 0.967 bits per heavy atom. The van der Waals surface area contributed by atoms with E-state index in [1.807, 2.05) is 0 Å². The van der Waals surface area contributed by atoms with Gasteiger partial charge in [-0.3, -0.25) is 23.6 Å². The van der Waals surface area contributed by atoms with Gasteiger partial charge in [-0.15, -0.1) is 20.5 Å². The largest absolute Gasteiger partial charge is 1.00 e. The fraction of sp³-hybridized carbons (Fsp3) is 0. The first-order valence-corrected chi connectivity index (χ1v) is 21.2. The number of aliphatic imine (C=N–C) groups is 2. The van der Waals surface area contributed by atoms with Crippen LogP contribution < -0.4 is 139 Å². The van der Waals surface area contributed by atoms with Gasteiger partial charge in [0.15, 0.2) is 0 Å². The molecule has 32 heteroatoms. The van der Waals surface area contributed by atoms with Gasteiger partial charge in [-0.1, -0.05) is 50.8 Å². The summed E-state index contributed by atoms with van der Waals surface area (Å²) < 4.78 is 139. The van der Waals surface area contributed by atoms with Crippen LogP contribution in [-0.4, -0.2) is 63.7 Å². The van der Waals surface area contributed by atoms with Crippen LogP contribution in [0.4, 0.5) is 39.8 Å². The van der Waals surface area contributed by atoms with Crippen molar-refractivity contribution in [2.75, 3.05) is 5.73 Å². The van der Waals surface area contributed by atoms with Crippen molar-refractivity contribution in [3.63, 3.8) is 0 Å². The Labute approximate surface area is 445 Å². The average Bonchev–Trinajstić information content (AvgIpc) is 3.05. The molecule has 0 aromatic heterocycles. The molecule has 0 fully saturated rings. The number of azo groups is 2. The second-order valence-electron chi connectivity index (χ2n) is 10.5. The monoisotopic (exact) mass is 1070 g/mol. The van der Waals surface area contributed by atoms with Gasteiger partial charge in [0.05, 0.1) is 27.6 Å². The van der Waals surface area contributed by atoms with Crippen molar-refractivity contribution in [2.45, 2.75) is 19.6 Å². The fourth-order valence-corrected chi connectivity index (χ4v) is 7.08. The Morgan fingerprint density at radius 3 is 1.35 bits per heavy atom. The molecule has 0 unspecified atom stereocenters. The zero-order valence-electron chi connectivity index (χ0n) is 30.9. The molecule has 22 nitrogen and oxygen atoms in total. The van der Waals surface area contributed by atoms with Gasteiger partial charge in [-0.05, 0) is 53.9 Å². The van der Waals surface area contributed by atoms with Crippen LogP contribution in [0, 0.1) is 0 Å². The zero-order chi connectivity index (χ0) is 42.3. The summed E-state index contributed by atoms with van der Waals surface area (Å²) in [6.07, 6.45) is 0. The van der Waals surface area contributed by atoms with Crippen molar-refractivity contribution in [3.8, 4) is 5.75 Å². The van der Waals surface area contributed by atoms with E-state index in [0.29, 0.717) is 24.3 Å². The molecule has 0 radical (unpaired) electrons. The van der Waals surface area contributed by atoms with Gasteiger partial charge in [0, 0.05) is 26.1 Å². The number of anilines is 1. The van der Waals surface area contributed by atoms with Gasteiger partial charge < -0.3 is 25.6 Å². The third kappa shape index (κ3) is 14.5. The van der Waals surface area contributed by atoms with Crippen LogP contribution in [0.25, 0.3) is 10.8 Å². The molecule has 0 saturated carbocycles. The topological polar surface area (TPSA) is 390 Å². The number of benzene rings is 4. The van der Waals surface area contributed by atoms with E-state index in [-0.39, 0.29) is 139 Å². The molecule has 0 saturated heterocycles. The van der Waals surface area contributed by atoms with Crippen molar-refractivity contribution >= 4 is 135 Å². The number of hydrogen-bond donors (Lipinski definition) is 4. The van der Waals surface area contributed by atoms with Crippen LogP contribution >= 0.6 is 31.9 Å². The molecule has 0 aliphatic heterocycles. The fourth-order valence-electron chi connectivity index (χ4n) is 4.39. The minimum absolute atomic E-state index is 0. The minimum Gasteiger partial charge on any atom is -0.870 e. The number of fused-ring (bicyclic) bond motifs is 1. The Kier molecular flexibility index (Phi) is 22.3. The van der Waals surface area contributed by atoms with Crippen LogP contribution in [0.2, 0.25) is 0 Å². The Bertz CT molecular complexity index is 2800. The molecule has 0 bridgehead atoms. The second kappa shape index (κ2) is 22.7. The van der Waals surface area contributed by atoms with Gasteiger partial charge in [0.1, 0.15) is 41.9 Å². The quantitative estimate of drug-likeness (QED) is 0.0256. The van der Waals surface area contributed by atoms with Gasteiger partial charge in [-0.2, -0.15) is 25.3 Å². The smallest absolute Gasteiger partial charge is 0.870 e. The molecule has 4 rings (SSSR count). The Hall–Kier alpha value is -1.04. The molecule has 0 aliphatic rings. The Morgan fingerprint density at radius 1 is 0.600 bits per heavy atom. The first kappa shape index (κ1) is 59.0. The van der Waals surface area contributed by atoms with Crippen LogP contribution in [0.5, 0.6) is 5.75 Å². The van der Waals surface area contributed by atoms with Crippen LogP contribution in [0.15, 0.2) is 121 Å². The van der Waals surface area contributed by atoms with E-state index in [1.165, 1.54) is 0 Å². The van der Waals surface area contributed by atoms with Crippen LogP contribution in [0.1, 0.15) is 0 Å². The predicted octanol–water partition coefficient (Wildman–Crippen LogP) is -8.42. The maximum absolute atomic E-state index is 13.9. The molecule has 0 atom stereocenters. The molecule has 5 N–H and O–H groups in total. The maximum atomic E-state index is 13.9. The molecule has 4 aromatic carbocycles. The SMILES string of the molecule is C=C(Br)C([O-])=Nc1ccc(S(=O)(=O)[O-])c(N=Nc2c(S(=O)(=O)O)cc3cc(S(=O)(=O)O)c(N=Nc4cc(N=C([O-])C(=C)Br)ccc4S(=O)(=O)O)c([O-])c3c2N)c1.[Na+].[Na+].[Na+].[Na+]. The van der Waals surface area contributed by atoms with Gasteiger partial charge in [-0.25, -0.2) is 8.42 Å². The first-order chi connectivity index (χ1) is 25.6. The van der Waals surface area contributed by atoms with E-state index >= 15 is 0 Å². The summed E-state index contributed by atoms with van der Waals surface area (Å²) in [5.41, 5.74) is 0.337. The van der Waals surface area contributed by atoms with Crippen molar-refractivity contribution < 1.29 is 185 Å². The van der Waals surface area contributed by atoms with E-state index in [9.17, 15) is 67.2 Å². The van der Waals surface area contributed by atoms with Gasteiger partial charge >= 0.3 is 118 Å². The maximum Gasteiger partial charge on any atom is 1.00 e. The zero-order valence-corrected chi connectivity index (χ0v) is 45.4. The van der Waals surface area contributed by atoms with Crippen molar-refractivity contribution in [2.24, 2.45) is 30.4 Å². The number of nitrogens with two attached hydrogens (primary N) is 1. The molecule has 0 amide bonds. The third-order valence-electron chi connectivity index (χ3n) is 6.72. The summed E-state index contributed by atoms with van der Waals surface area (Å²) in [4.78, 5) is 2.47. The summed E-state index contributed by atoms with van der Waals surface area (Å²) in [6, 6.07) is 5.65. The van der Waals surface area contributed by atoms with E-state index in [4.69, 9.17) is 5.73 Å². The van der Waals surface area contributed by atoms with Crippen LogP contribution in [-0.2, 0) is 40.5 Å². The summed E-state index contributed by atoms with van der Waals surface area (Å²) in [6.45, 7) is 6.64. The summed E-state index contributed by atoms with van der Waals surface area (Å²) in [5.74, 6) is -3.48. The second-order valence-corrected chi connectivity index (χ2v) is 17.9. The van der Waals surface area contributed by atoms with E-state index < -0.39 is 117 Å². The molecule has 296 valence electrons.